The van der Waals surface area contributed by atoms with Crippen LogP contribution in [-0.2, 0) is 9.59 Å². The molecule has 0 spiro atoms. The van der Waals surface area contributed by atoms with Crippen LogP contribution in [0.3, 0.4) is 0 Å². The van der Waals surface area contributed by atoms with Crippen LogP contribution in [0.15, 0.2) is 36.5 Å². The van der Waals surface area contributed by atoms with Crippen molar-refractivity contribution < 1.29 is 9.59 Å². The van der Waals surface area contributed by atoms with Gasteiger partial charge in [-0.3, -0.25) is 9.59 Å². The summed E-state index contributed by atoms with van der Waals surface area (Å²) in [5.74, 6) is -0.372. The second-order valence-corrected chi connectivity index (χ2v) is 3.82. The number of rotatable bonds is 2. The van der Waals surface area contributed by atoms with Crippen LogP contribution >= 0.6 is 11.6 Å². The van der Waals surface area contributed by atoms with Gasteiger partial charge in [0.1, 0.15) is 0 Å². The van der Waals surface area contributed by atoms with E-state index in [9.17, 15) is 9.59 Å². The second-order valence-electron chi connectivity index (χ2n) is 3.47. The summed E-state index contributed by atoms with van der Waals surface area (Å²) in [5, 5.41) is -0.850. The number of ketones is 1. The zero-order valence-corrected chi connectivity index (χ0v) is 8.15. The number of carbonyl (C=O) groups is 2. The van der Waals surface area contributed by atoms with Gasteiger partial charge in [0.15, 0.2) is 0 Å². The van der Waals surface area contributed by atoms with Crippen LogP contribution in [0.2, 0.25) is 0 Å². The third-order valence-corrected chi connectivity index (χ3v) is 2.82. The standard InChI is InChI=1S/C11H9ClO2/c12-11(14)10(13)9-7-5-3-1-2-4-6-8(7)9/h1-9H. The van der Waals surface area contributed by atoms with E-state index in [0.29, 0.717) is 0 Å². The Balaban J connectivity index is 2.15. The average molecular weight is 209 g/mol. The van der Waals surface area contributed by atoms with E-state index >= 15 is 0 Å². The normalized spacial score (nSPS) is 33.1. The molecule has 14 heavy (non-hydrogen) atoms. The maximum Gasteiger partial charge on any atom is 0.288 e. The summed E-state index contributed by atoms with van der Waals surface area (Å²) in [7, 11) is 0. The molecule has 0 aromatic heterocycles. The van der Waals surface area contributed by atoms with Gasteiger partial charge < -0.3 is 0 Å². The van der Waals surface area contributed by atoms with E-state index < -0.39 is 11.0 Å². The lowest BCUT2D eigenvalue weighted by Crippen LogP contribution is -2.10. The maximum atomic E-state index is 11.3. The van der Waals surface area contributed by atoms with Gasteiger partial charge in [-0.25, -0.2) is 0 Å². The monoisotopic (exact) mass is 208 g/mol. The average Bonchev–Trinajstić information content (AvgIpc) is 2.75. The minimum atomic E-state index is -0.850. The SMILES string of the molecule is O=C(Cl)C(=O)C1C2C=CC=CC=CC21. The van der Waals surface area contributed by atoms with Crippen LogP contribution in [0.5, 0.6) is 0 Å². The molecule has 2 atom stereocenters. The minimum Gasteiger partial charge on any atom is -0.289 e. The van der Waals surface area contributed by atoms with Gasteiger partial charge in [0.05, 0.1) is 0 Å². The first-order valence-corrected chi connectivity index (χ1v) is 4.85. The summed E-state index contributed by atoms with van der Waals surface area (Å²) in [5.41, 5.74) is 0. The molecule has 1 fully saturated rings. The van der Waals surface area contributed by atoms with Gasteiger partial charge in [0.25, 0.3) is 5.24 Å². The molecular formula is C11H9ClO2. The van der Waals surface area contributed by atoms with E-state index in [0.717, 1.165) is 0 Å². The Bertz CT molecular complexity index is 343. The van der Waals surface area contributed by atoms with Crippen molar-refractivity contribution in [2.45, 2.75) is 0 Å². The molecule has 0 aromatic rings. The number of hydrogen-bond acceptors (Lipinski definition) is 2. The summed E-state index contributed by atoms with van der Waals surface area (Å²) in [4.78, 5) is 22.0. The number of Topliss-reactive ketones (excluding diaryl/α,β-unsaturated/α-hetero) is 1. The van der Waals surface area contributed by atoms with E-state index in [4.69, 9.17) is 11.6 Å². The summed E-state index contributed by atoms with van der Waals surface area (Å²) in [6.07, 6.45) is 11.5. The Hall–Kier alpha value is -1.15. The van der Waals surface area contributed by atoms with Crippen molar-refractivity contribution in [1.82, 2.24) is 0 Å². The predicted octanol–water partition coefficient (Wildman–Crippen LogP) is 1.87. The summed E-state index contributed by atoms with van der Waals surface area (Å²) in [6, 6.07) is 0. The fourth-order valence-electron chi connectivity index (χ4n) is 1.85. The van der Waals surface area contributed by atoms with Crippen molar-refractivity contribution in [2.75, 3.05) is 0 Å². The number of fused-ring (bicyclic) bond motifs is 1. The highest BCUT2D eigenvalue weighted by Gasteiger charge is 2.52. The van der Waals surface area contributed by atoms with E-state index in [-0.39, 0.29) is 17.8 Å². The van der Waals surface area contributed by atoms with Crippen LogP contribution < -0.4 is 0 Å². The molecule has 0 saturated heterocycles. The van der Waals surface area contributed by atoms with Crippen LogP contribution in [0.1, 0.15) is 0 Å². The van der Waals surface area contributed by atoms with Gasteiger partial charge in [0, 0.05) is 5.92 Å². The fourth-order valence-corrected chi connectivity index (χ4v) is 1.97. The Morgan fingerprint density at radius 2 is 1.43 bits per heavy atom. The maximum absolute atomic E-state index is 11.3. The molecule has 0 N–H and O–H groups in total. The molecule has 0 heterocycles. The molecule has 2 aliphatic rings. The van der Waals surface area contributed by atoms with Crippen molar-refractivity contribution in [1.29, 1.82) is 0 Å². The molecule has 0 aliphatic heterocycles. The summed E-state index contributed by atoms with van der Waals surface area (Å²) >= 11 is 5.16. The molecule has 2 aliphatic carbocycles. The van der Waals surface area contributed by atoms with Crippen molar-refractivity contribution in [2.24, 2.45) is 17.8 Å². The highest BCUT2D eigenvalue weighted by Crippen LogP contribution is 2.49. The van der Waals surface area contributed by atoms with Crippen molar-refractivity contribution >= 4 is 22.6 Å². The van der Waals surface area contributed by atoms with Crippen LogP contribution in [0.4, 0.5) is 0 Å². The molecule has 2 nitrogen and oxygen atoms in total. The third kappa shape index (κ3) is 1.58. The highest BCUT2D eigenvalue weighted by molar-refractivity contribution is 6.81. The molecule has 1 saturated carbocycles. The zero-order chi connectivity index (χ0) is 10.1. The lowest BCUT2D eigenvalue weighted by atomic mass is 10.2. The molecule has 0 aromatic carbocycles. The Labute approximate surface area is 86.9 Å². The molecule has 72 valence electrons. The smallest absolute Gasteiger partial charge is 0.288 e. The molecule has 3 heteroatoms. The molecule has 2 rings (SSSR count). The fraction of sp³-hybridized carbons (Fsp3) is 0.273. The molecule has 0 radical (unpaired) electrons. The van der Waals surface area contributed by atoms with Gasteiger partial charge >= 0.3 is 0 Å². The lowest BCUT2D eigenvalue weighted by Gasteiger charge is -1.87. The largest absolute Gasteiger partial charge is 0.289 e. The number of halogens is 1. The van der Waals surface area contributed by atoms with Crippen LogP contribution in [-0.4, -0.2) is 11.0 Å². The van der Waals surface area contributed by atoms with Gasteiger partial charge in [-0.05, 0) is 23.4 Å². The first-order chi connectivity index (χ1) is 6.72. The minimum absolute atomic E-state index is 0.159. The molecule has 0 bridgehead atoms. The van der Waals surface area contributed by atoms with Gasteiger partial charge in [0.2, 0.25) is 5.78 Å². The van der Waals surface area contributed by atoms with E-state index in [1.54, 1.807) is 0 Å². The Morgan fingerprint density at radius 3 is 1.86 bits per heavy atom. The van der Waals surface area contributed by atoms with Gasteiger partial charge in [-0.2, -0.15) is 0 Å². The van der Waals surface area contributed by atoms with Gasteiger partial charge in [-0.15, -0.1) is 0 Å². The molecule has 2 unspecified atom stereocenters. The summed E-state index contributed by atoms with van der Waals surface area (Å²) < 4.78 is 0. The Kier molecular flexibility index (Phi) is 2.38. The first-order valence-electron chi connectivity index (χ1n) is 4.47. The predicted molar refractivity (Wildman–Crippen MR) is 53.8 cm³/mol. The van der Waals surface area contributed by atoms with E-state index in [2.05, 4.69) is 0 Å². The van der Waals surface area contributed by atoms with Crippen molar-refractivity contribution in [3.05, 3.63) is 36.5 Å². The van der Waals surface area contributed by atoms with Crippen molar-refractivity contribution in [3.8, 4) is 0 Å². The first kappa shape index (κ1) is 9.41. The number of allylic oxidation sites excluding steroid dienone is 6. The van der Waals surface area contributed by atoms with E-state index in [1.807, 2.05) is 36.5 Å². The Morgan fingerprint density at radius 1 is 0.929 bits per heavy atom. The molecule has 0 amide bonds. The zero-order valence-electron chi connectivity index (χ0n) is 7.39. The number of hydrogen-bond donors (Lipinski definition) is 0. The van der Waals surface area contributed by atoms with Crippen molar-refractivity contribution in [3.63, 3.8) is 0 Å². The number of carbonyl (C=O) groups excluding carboxylic acids is 2. The van der Waals surface area contributed by atoms with Gasteiger partial charge in [-0.1, -0.05) is 36.5 Å². The van der Waals surface area contributed by atoms with Crippen LogP contribution in [0, 0.1) is 17.8 Å². The van der Waals surface area contributed by atoms with E-state index in [1.165, 1.54) is 0 Å². The molecular weight excluding hydrogens is 200 g/mol. The quantitative estimate of drug-likeness (QED) is 0.513. The lowest BCUT2D eigenvalue weighted by molar-refractivity contribution is -0.133. The highest BCUT2D eigenvalue weighted by atomic mass is 35.5. The second kappa shape index (κ2) is 3.54. The summed E-state index contributed by atoms with van der Waals surface area (Å²) in [6.45, 7) is 0. The van der Waals surface area contributed by atoms with Crippen LogP contribution in [0.25, 0.3) is 0 Å². The topological polar surface area (TPSA) is 34.1 Å². The third-order valence-electron chi connectivity index (χ3n) is 2.63.